The maximum atomic E-state index is 5.14. The van der Waals surface area contributed by atoms with Gasteiger partial charge in [-0.25, -0.2) is 0 Å². The molecule has 0 N–H and O–H groups in total. The number of aliphatic imine (C=N–C) groups is 1. The topological polar surface area (TPSA) is 38.4 Å². The van der Waals surface area contributed by atoms with Crippen molar-refractivity contribution in [3.63, 3.8) is 0 Å². The summed E-state index contributed by atoms with van der Waals surface area (Å²) in [5, 5.41) is 3.85. The van der Waals surface area contributed by atoms with Crippen LogP contribution in [0.15, 0.2) is 15.6 Å². The van der Waals surface area contributed by atoms with E-state index < -0.39 is 0 Å². The number of hydrogen-bond donors (Lipinski definition) is 0. The molecule has 0 aliphatic heterocycles. The van der Waals surface area contributed by atoms with Crippen LogP contribution in [0.1, 0.15) is 32.2 Å². The molecule has 0 fully saturated rings. The standard InChI is InChI=1S/C9H14N2O/c1-9(2,3)8-5-7(6-10-4)11-12-8/h5-6H,1-4H3/b10-6+. The Morgan fingerprint density at radius 1 is 1.50 bits per heavy atom. The highest BCUT2D eigenvalue weighted by Gasteiger charge is 2.18. The van der Waals surface area contributed by atoms with Gasteiger partial charge in [-0.15, -0.1) is 0 Å². The van der Waals surface area contributed by atoms with Crippen LogP contribution in [0.2, 0.25) is 0 Å². The lowest BCUT2D eigenvalue weighted by Gasteiger charge is -2.11. The first-order valence-corrected chi connectivity index (χ1v) is 3.93. The second-order valence-electron chi connectivity index (χ2n) is 3.75. The van der Waals surface area contributed by atoms with Crippen molar-refractivity contribution in [2.24, 2.45) is 4.99 Å². The first kappa shape index (κ1) is 8.97. The van der Waals surface area contributed by atoms with Crippen molar-refractivity contribution < 1.29 is 4.52 Å². The van der Waals surface area contributed by atoms with Gasteiger partial charge in [-0.2, -0.15) is 0 Å². The van der Waals surface area contributed by atoms with Crippen molar-refractivity contribution in [3.05, 3.63) is 17.5 Å². The molecule has 3 heteroatoms. The molecule has 1 aromatic rings. The first-order chi connectivity index (χ1) is 5.54. The number of aromatic nitrogens is 1. The van der Waals surface area contributed by atoms with Crippen LogP contribution in [0.3, 0.4) is 0 Å². The number of nitrogens with zero attached hydrogens (tertiary/aromatic N) is 2. The minimum absolute atomic E-state index is 0.0207. The van der Waals surface area contributed by atoms with Gasteiger partial charge in [0.25, 0.3) is 0 Å². The Bertz CT molecular complexity index is 281. The highest BCUT2D eigenvalue weighted by atomic mass is 16.5. The molecule has 0 spiro atoms. The predicted octanol–water partition coefficient (Wildman–Crippen LogP) is 2.02. The molecule has 12 heavy (non-hydrogen) atoms. The van der Waals surface area contributed by atoms with Crippen molar-refractivity contribution >= 4 is 6.21 Å². The average Bonchev–Trinajstić information content (AvgIpc) is 2.35. The summed E-state index contributed by atoms with van der Waals surface area (Å²) in [7, 11) is 1.71. The van der Waals surface area contributed by atoms with Gasteiger partial charge in [-0.1, -0.05) is 25.9 Å². The molecule has 0 saturated heterocycles. The fourth-order valence-corrected chi connectivity index (χ4v) is 0.835. The molecule has 0 aromatic carbocycles. The molecular formula is C9H14N2O. The van der Waals surface area contributed by atoms with Crippen molar-refractivity contribution in [2.45, 2.75) is 26.2 Å². The van der Waals surface area contributed by atoms with Gasteiger partial charge in [0.1, 0.15) is 11.5 Å². The van der Waals surface area contributed by atoms with Gasteiger partial charge < -0.3 is 4.52 Å². The van der Waals surface area contributed by atoms with Gasteiger partial charge in [0.2, 0.25) is 0 Å². The smallest absolute Gasteiger partial charge is 0.142 e. The minimum Gasteiger partial charge on any atom is -0.360 e. The Morgan fingerprint density at radius 2 is 2.17 bits per heavy atom. The maximum absolute atomic E-state index is 5.14. The molecule has 0 unspecified atom stereocenters. The van der Waals surface area contributed by atoms with Gasteiger partial charge >= 0.3 is 0 Å². The zero-order valence-corrected chi connectivity index (χ0v) is 7.96. The summed E-state index contributed by atoms with van der Waals surface area (Å²) in [4.78, 5) is 3.85. The summed E-state index contributed by atoms with van der Waals surface area (Å²) in [6.07, 6.45) is 1.68. The van der Waals surface area contributed by atoms with E-state index in [-0.39, 0.29) is 5.41 Å². The summed E-state index contributed by atoms with van der Waals surface area (Å²) >= 11 is 0. The fourth-order valence-electron chi connectivity index (χ4n) is 0.835. The van der Waals surface area contributed by atoms with Crippen LogP contribution in [0.4, 0.5) is 0 Å². The van der Waals surface area contributed by atoms with Gasteiger partial charge in [0, 0.05) is 18.5 Å². The van der Waals surface area contributed by atoms with E-state index in [0.29, 0.717) is 0 Å². The van der Waals surface area contributed by atoms with Crippen molar-refractivity contribution in [3.8, 4) is 0 Å². The van der Waals surface area contributed by atoms with Crippen LogP contribution in [-0.4, -0.2) is 18.4 Å². The quantitative estimate of drug-likeness (QED) is 0.598. The second kappa shape index (κ2) is 3.09. The lowest BCUT2D eigenvalue weighted by Crippen LogP contribution is -2.09. The van der Waals surface area contributed by atoms with E-state index in [9.17, 15) is 0 Å². The van der Waals surface area contributed by atoms with Crippen LogP contribution >= 0.6 is 0 Å². The van der Waals surface area contributed by atoms with Gasteiger partial charge in [0.05, 0.1) is 6.21 Å². The molecule has 1 aromatic heterocycles. The Labute approximate surface area is 72.5 Å². The Balaban J connectivity index is 2.92. The van der Waals surface area contributed by atoms with Gasteiger partial charge in [-0.05, 0) is 0 Å². The lowest BCUT2D eigenvalue weighted by molar-refractivity contribution is 0.329. The highest BCUT2D eigenvalue weighted by molar-refractivity contribution is 5.76. The Kier molecular flexibility index (Phi) is 2.31. The molecule has 0 saturated carbocycles. The lowest BCUT2D eigenvalue weighted by atomic mass is 9.93. The SMILES string of the molecule is C/N=C/c1cc(C(C)(C)C)on1. The molecule has 3 nitrogen and oxygen atoms in total. The van der Waals surface area contributed by atoms with E-state index in [0.717, 1.165) is 11.5 Å². The summed E-state index contributed by atoms with van der Waals surface area (Å²) in [6, 6.07) is 1.91. The zero-order valence-electron chi connectivity index (χ0n) is 7.96. The predicted molar refractivity (Wildman–Crippen MR) is 48.7 cm³/mol. The molecule has 0 atom stereocenters. The molecule has 0 aliphatic carbocycles. The summed E-state index contributed by atoms with van der Waals surface area (Å²) in [5.74, 6) is 0.886. The Morgan fingerprint density at radius 3 is 2.58 bits per heavy atom. The molecule has 0 amide bonds. The molecule has 1 heterocycles. The largest absolute Gasteiger partial charge is 0.360 e. The molecule has 66 valence electrons. The van der Waals surface area contributed by atoms with E-state index >= 15 is 0 Å². The third-order valence-corrected chi connectivity index (χ3v) is 1.53. The molecule has 0 radical (unpaired) electrons. The third-order valence-electron chi connectivity index (χ3n) is 1.53. The fraction of sp³-hybridized carbons (Fsp3) is 0.556. The van der Waals surface area contributed by atoms with Crippen LogP contribution in [0.5, 0.6) is 0 Å². The van der Waals surface area contributed by atoms with Crippen LogP contribution in [-0.2, 0) is 5.41 Å². The number of hydrogen-bond acceptors (Lipinski definition) is 3. The highest BCUT2D eigenvalue weighted by Crippen LogP contribution is 2.21. The summed E-state index contributed by atoms with van der Waals surface area (Å²) in [6.45, 7) is 6.25. The van der Waals surface area contributed by atoms with Gasteiger partial charge in [0.15, 0.2) is 0 Å². The van der Waals surface area contributed by atoms with E-state index in [1.807, 2.05) is 6.07 Å². The zero-order chi connectivity index (χ0) is 9.19. The van der Waals surface area contributed by atoms with E-state index in [2.05, 4.69) is 30.9 Å². The molecule has 1 rings (SSSR count). The van der Waals surface area contributed by atoms with Crippen LogP contribution in [0.25, 0.3) is 0 Å². The second-order valence-corrected chi connectivity index (χ2v) is 3.75. The monoisotopic (exact) mass is 166 g/mol. The molecule has 0 bridgehead atoms. The summed E-state index contributed by atoms with van der Waals surface area (Å²) < 4.78 is 5.14. The van der Waals surface area contributed by atoms with Crippen LogP contribution < -0.4 is 0 Å². The van der Waals surface area contributed by atoms with E-state index in [1.165, 1.54) is 0 Å². The maximum Gasteiger partial charge on any atom is 0.142 e. The van der Waals surface area contributed by atoms with Crippen molar-refractivity contribution in [2.75, 3.05) is 7.05 Å². The average molecular weight is 166 g/mol. The van der Waals surface area contributed by atoms with E-state index in [4.69, 9.17) is 4.52 Å². The van der Waals surface area contributed by atoms with Gasteiger partial charge in [-0.3, -0.25) is 4.99 Å². The van der Waals surface area contributed by atoms with E-state index in [1.54, 1.807) is 13.3 Å². The normalized spacial score (nSPS) is 12.7. The Hall–Kier alpha value is -1.12. The summed E-state index contributed by atoms with van der Waals surface area (Å²) in [5.41, 5.74) is 0.801. The third kappa shape index (κ3) is 1.94. The molecular weight excluding hydrogens is 152 g/mol. The first-order valence-electron chi connectivity index (χ1n) is 3.93. The minimum atomic E-state index is 0.0207. The molecule has 0 aliphatic rings. The van der Waals surface area contributed by atoms with Crippen molar-refractivity contribution in [1.29, 1.82) is 0 Å². The number of rotatable bonds is 1. The van der Waals surface area contributed by atoms with Crippen LogP contribution in [0, 0.1) is 0 Å². The van der Waals surface area contributed by atoms with Crippen molar-refractivity contribution in [1.82, 2.24) is 5.16 Å².